The Morgan fingerprint density at radius 1 is 0.852 bits per heavy atom. The van der Waals surface area contributed by atoms with Gasteiger partial charge in [0, 0.05) is 39.4 Å². The predicted molar refractivity (Wildman–Crippen MR) is 229 cm³/mol. The van der Waals surface area contributed by atoms with Gasteiger partial charge in [0.25, 0.3) is 5.91 Å². The molecule has 1 aromatic rings. The number of cyclic esters (lactones) is 2. The highest BCUT2D eigenvalue weighted by Crippen LogP contribution is 2.31. The molecule has 61 heavy (non-hydrogen) atoms. The van der Waals surface area contributed by atoms with Crippen molar-refractivity contribution in [2.75, 3.05) is 20.6 Å². The second-order valence-electron chi connectivity index (χ2n) is 17.9. The van der Waals surface area contributed by atoms with E-state index < -0.39 is 113 Å². The molecule has 0 radical (unpaired) electrons. The molecule has 2 saturated heterocycles. The zero-order chi connectivity index (χ0) is 45.9. The van der Waals surface area contributed by atoms with E-state index in [0.29, 0.717) is 31.2 Å². The molecule has 0 spiro atoms. The number of nitrogens with zero attached hydrogens (tertiary/aromatic N) is 3. The van der Waals surface area contributed by atoms with Gasteiger partial charge in [0.1, 0.15) is 36.3 Å². The standard InChI is InChI=1S/C46H69N5O10/c1-13-15-17-24-34-46(9,10)45(59)48-36(30(8)52)41(55)49(11)33(26-31-21-18-16-19-22-31)40(54)51-25-20-23-32(51)43(57)61-38(29(7)14-2)42(56)50(12)37(28(5)6)39(53)47-35(27(3)4)44(58)60-34/h1,16,18-19,21-22,27-30,32-38,52H,14-15,17,20,23-26H2,2-12H3,(H,47,53)(H,48,59). The highest BCUT2D eigenvalue weighted by molar-refractivity contribution is 5.96. The molecule has 2 aliphatic heterocycles. The zero-order valence-corrected chi connectivity index (χ0v) is 37.9. The Kier molecular flexibility index (Phi) is 18.4. The number of carbonyl (C=O) groups excluding carboxylic acids is 7. The minimum atomic E-state index is -1.54. The second-order valence-corrected chi connectivity index (χ2v) is 17.9. The van der Waals surface area contributed by atoms with Crippen molar-refractivity contribution in [2.24, 2.45) is 23.2 Å². The van der Waals surface area contributed by atoms with Crippen molar-refractivity contribution < 1.29 is 48.1 Å². The Labute approximate surface area is 362 Å². The summed E-state index contributed by atoms with van der Waals surface area (Å²) in [6, 6.07) is 2.86. The van der Waals surface area contributed by atoms with Gasteiger partial charge >= 0.3 is 11.9 Å². The number of aliphatic hydroxyl groups excluding tert-OH is 1. The SMILES string of the molecule is C#CCCCC1OC(=O)C(C(C)C)NC(=O)C(C(C)C)N(C)C(=O)C(C(C)CC)OC(=O)C2CCCN2C(=O)C(Cc2ccccc2)N(C)C(=O)C(C(C)O)NC(=O)C1(C)C. The van der Waals surface area contributed by atoms with Crippen LogP contribution in [0.25, 0.3) is 0 Å². The molecular weight excluding hydrogens is 783 g/mol. The fourth-order valence-electron chi connectivity index (χ4n) is 7.93. The molecule has 9 unspecified atom stereocenters. The summed E-state index contributed by atoms with van der Waals surface area (Å²) in [6.45, 7) is 15.1. The van der Waals surface area contributed by atoms with Crippen LogP contribution in [0.4, 0.5) is 0 Å². The lowest BCUT2D eigenvalue weighted by Gasteiger charge is -2.38. The van der Waals surface area contributed by atoms with Gasteiger partial charge in [0.05, 0.1) is 11.5 Å². The molecule has 0 saturated carbocycles. The van der Waals surface area contributed by atoms with Crippen LogP contribution in [-0.2, 0) is 49.5 Å². The molecule has 338 valence electrons. The maximum atomic E-state index is 14.7. The van der Waals surface area contributed by atoms with Gasteiger partial charge in [-0.2, -0.15) is 0 Å². The van der Waals surface area contributed by atoms with E-state index in [-0.39, 0.29) is 25.8 Å². The van der Waals surface area contributed by atoms with E-state index in [1.54, 1.807) is 72.7 Å². The van der Waals surface area contributed by atoms with E-state index in [1.165, 1.54) is 35.7 Å². The topological polar surface area (TPSA) is 192 Å². The molecule has 9 atom stereocenters. The number of unbranched alkanes of at least 4 members (excludes halogenated alkanes) is 1. The minimum absolute atomic E-state index is 0.0355. The Bertz CT molecular complexity index is 1760. The van der Waals surface area contributed by atoms with Crippen LogP contribution in [0.15, 0.2) is 30.3 Å². The molecule has 0 aliphatic carbocycles. The number of carbonyl (C=O) groups is 7. The van der Waals surface area contributed by atoms with E-state index in [4.69, 9.17) is 15.9 Å². The smallest absolute Gasteiger partial charge is 0.329 e. The van der Waals surface area contributed by atoms with Gasteiger partial charge in [0.15, 0.2) is 6.10 Å². The van der Waals surface area contributed by atoms with E-state index in [1.807, 2.05) is 13.0 Å². The van der Waals surface area contributed by atoms with Gasteiger partial charge in [-0.15, -0.1) is 12.3 Å². The Morgan fingerprint density at radius 3 is 2.05 bits per heavy atom. The largest absolute Gasteiger partial charge is 0.460 e. The maximum absolute atomic E-state index is 14.7. The van der Waals surface area contributed by atoms with Gasteiger partial charge in [-0.05, 0) is 70.3 Å². The van der Waals surface area contributed by atoms with Crippen molar-refractivity contribution in [1.29, 1.82) is 0 Å². The van der Waals surface area contributed by atoms with Crippen LogP contribution in [0.5, 0.6) is 0 Å². The number of amides is 5. The average molecular weight is 852 g/mol. The molecule has 3 rings (SSSR count). The second kappa shape index (κ2) is 22.2. The third-order valence-corrected chi connectivity index (χ3v) is 12.2. The zero-order valence-electron chi connectivity index (χ0n) is 37.9. The fraction of sp³-hybridized carbons (Fsp3) is 0.674. The summed E-state index contributed by atoms with van der Waals surface area (Å²) in [5, 5.41) is 16.5. The van der Waals surface area contributed by atoms with Crippen molar-refractivity contribution in [2.45, 2.75) is 156 Å². The predicted octanol–water partition coefficient (Wildman–Crippen LogP) is 3.25. The quantitative estimate of drug-likeness (QED) is 0.179. The summed E-state index contributed by atoms with van der Waals surface area (Å²) < 4.78 is 12.1. The molecule has 0 bridgehead atoms. The summed E-state index contributed by atoms with van der Waals surface area (Å²) in [5.74, 6) is -3.84. The Balaban J connectivity index is 2.25. The van der Waals surface area contributed by atoms with Crippen molar-refractivity contribution in [3.8, 4) is 12.3 Å². The number of hydrogen-bond donors (Lipinski definition) is 3. The maximum Gasteiger partial charge on any atom is 0.329 e. The molecule has 5 amide bonds. The number of ether oxygens (including phenoxy) is 2. The molecule has 2 aliphatic rings. The fourth-order valence-corrected chi connectivity index (χ4v) is 7.93. The minimum Gasteiger partial charge on any atom is -0.460 e. The number of aliphatic hydroxyl groups is 1. The average Bonchev–Trinajstić information content (AvgIpc) is 3.71. The summed E-state index contributed by atoms with van der Waals surface area (Å²) in [7, 11) is 2.86. The number of terminal acetylenes is 1. The molecule has 2 fully saturated rings. The number of benzene rings is 1. The lowest BCUT2D eigenvalue weighted by molar-refractivity contribution is -0.171. The van der Waals surface area contributed by atoms with Crippen LogP contribution in [0, 0.1) is 35.5 Å². The first-order valence-corrected chi connectivity index (χ1v) is 21.6. The highest BCUT2D eigenvalue weighted by atomic mass is 16.6. The molecule has 15 heteroatoms. The van der Waals surface area contributed by atoms with Crippen molar-refractivity contribution >= 4 is 41.5 Å². The van der Waals surface area contributed by atoms with Gasteiger partial charge in [0.2, 0.25) is 23.6 Å². The number of likely N-dealkylation sites (N-methyl/N-ethyl adjacent to an activating group) is 2. The third kappa shape index (κ3) is 12.3. The van der Waals surface area contributed by atoms with Crippen molar-refractivity contribution in [3.05, 3.63) is 35.9 Å². The lowest BCUT2D eigenvalue weighted by atomic mass is 9.82. The Hall–Kier alpha value is -4.97. The first-order chi connectivity index (χ1) is 28.6. The molecule has 0 aromatic heterocycles. The molecule has 1 aromatic carbocycles. The number of rotatable bonds is 10. The number of esters is 2. The first-order valence-electron chi connectivity index (χ1n) is 21.6. The van der Waals surface area contributed by atoms with Crippen LogP contribution < -0.4 is 10.6 Å². The van der Waals surface area contributed by atoms with E-state index >= 15 is 0 Å². The van der Waals surface area contributed by atoms with Gasteiger partial charge in [-0.25, -0.2) is 9.59 Å². The first kappa shape index (κ1) is 50.4. The summed E-state index contributed by atoms with van der Waals surface area (Å²) >= 11 is 0. The monoisotopic (exact) mass is 852 g/mol. The van der Waals surface area contributed by atoms with E-state index in [9.17, 15) is 38.7 Å². The van der Waals surface area contributed by atoms with Gasteiger partial charge in [-0.3, -0.25) is 24.0 Å². The van der Waals surface area contributed by atoms with Crippen LogP contribution in [0.2, 0.25) is 0 Å². The third-order valence-electron chi connectivity index (χ3n) is 12.2. The number of fused-ring (bicyclic) bond motifs is 1. The summed E-state index contributed by atoms with van der Waals surface area (Å²) in [4.78, 5) is 104. The van der Waals surface area contributed by atoms with Crippen LogP contribution >= 0.6 is 0 Å². The van der Waals surface area contributed by atoms with Crippen LogP contribution in [0.3, 0.4) is 0 Å². The number of nitrogens with one attached hydrogen (secondary N) is 2. The van der Waals surface area contributed by atoms with Crippen LogP contribution in [0.1, 0.15) is 106 Å². The van der Waals surface area contributed by atoms with Crippen molar-refractivity contribution in [1.82, 2.24) is 25.3 Å². The molecule has 3 N–H and O–H groups in total. The molecule has 15 nitrogen and oxygen atoms in total. The highest BCUT2D eigenvalue weighted by Gasteiger charge is 2.47. The molecular formula is C46H69N5O10. The van der Waals surface area contributed by atoms with Gasteiger partial charge in [-0.1, -0.05) is 71.9 Å². The number of hydrogen-bond acceptors (Lipinski definition) is 10. The van der Waals surface area contributed by atoms with Crippen molar-refractivity contribution in [3.63, 3.8) is 0 Å². The molecule has 2 heterocycles. The van der Waals surface area contributed by atoms with E-state index in [0.717, 1.165) is 0 Å². The Morgan fingerprint density at radius 2 is 1.49 bits per heavy atom. The van der Waals surface area contributed by atoms with Gasteiger partial charge < -0.3 is 39.9 Å². The van der Waals surface area contributed by atoms with Crippen LogP contribution in [-0.4, -0.2) is 130 Å². The lowest BCUT2D eigenvalue weighted by Crippen LogP contribution is -2.61. The normalized spacial score (nSPS) is 27.6. The van der Waals surface area contributed by atoms with E-state index in [2.05, 4.69) is 16.6 Å². The summed E-state index contributed by atoms with van der Waals surface area (Å²) in [5.41, 5.74) is -0.802. The summed E-state index contributed by atoms with van der Waals surface area (Å²) in [6.07, 6.45) is 3.68.